The summed E-state index contributed by atoms with van der Waals surface area (Å²) in [5, 5.41) is 22.3. The van der Waals surface area contributed by atoms with Gasteiger partial charge in [-0.05, 0) is 43.2 Å². The molecule has 1 aromatic heterocycles. The van der Waals surface area contributed by atoms with Crippen LogP contribution in [0.1, 0.15) is 11.3 Å². The van der Waals surface area contributed by atoms with Gasteiger partial charge in [0.15, 0.2) is 0 Å². The summed E-state index contributed by atoms with van der Waals surface area (Å²) in [6.07, 6.45) is 2.38. The van der Waals surface area contributed by atoms with Crippen LogP contribution in [-0.2, 0) is 6.42 Å². The van der Waals surface area contributed by atoms with Gasteiger partial charge in [-0.2, -0.15) is 5.10 Å². The quantitative estimate of drug-likeness (QED) is 0.819. The maximum Gasteiger partial charge on any atom is 0.115 e. The molecule has 16 heavy (non-hydrogen) atoms. The fourth-order valence-corrected chi connectivity index (χ4v) is 1.66. The zero-order valence-corrected chi connectivity index (χ0v) is 9.09. The van der Waals surface area contributed by atoms with Gasteiger partial charge in [-0.3, -0.25) is 0 Å². The van der Waals surface area contributed by atoms with E-state index < -0.39 is 0 Å². The molecule has 0 atom stereocenters. The van der Waals surface area contributed by atoms with E-state index in [1.54, 1.807) is 35.1 Å². The zero-order valence-electron chi connectivity index (χ0n) is 9.09. The maximum atomic E-state index is 9.20. The Morgan fingerprint density at radius 1 is 1.25 bits per heavy atom. The highest BCUT2D eigenvalue weighted by Gasteiger charge is 2.07. The number of phenols is 1. The molecule has 0 aliphatic heterocycles. The first-order chi connectivity index (χ1) is 7.72. The summed E-state index contributed by atoms with van der Waals surface area (Å²) < 4.78 is 1.80. The Balaban J connectivity index is 2.37. The Hall–Kier alpha value is -1.81. The molecule has 2 N–H and O–H groups in total. The predicted molar refractivity (Wildman–Crippen MR) is 60.8 cm³/mol. The van der Waals surface area contributed by atoms with Crippen molar-refractivity contribution >= 4 is 0 Å². The third-order valence-electron chi connectivity index (χ3n) is 2.59. The van der Waals surface area contributed by atoms with Crippen LogP contribution in [-0.4, -0.2) is 26.6 Å². The van der Waals surface area contributed by atoms with Gasteiger partial charge >= 0.3 is 0 Å². The second-order valence-corrected chi connectivity index (χ2v) is 3.66. The molecule has 4 heteroatoms. The SMILES string of the molecule is Cc1c(CCO)cnn1-c1ccc(O)cc1. The monoisotopic (exact) mass is 218 g/mol. The molecule has 4 nitrogen and oxygen atoms in total. The lowest BCUT2D eigenvalue weighted by Crippen LogP contribution is -1.99. The number of rotatable bonds is 3. The van der Waals surface area contributed by atoms with Crippen LogP contribution < -0.4 is 0 Å². The minimum atomic E-state index is 0.127. The standard InChI is InChI=1S/C12H14N2O2/c1-9-10(6-7-15)8-13-14(9)11-2-4-12(16)5-3-11/h2-5,8,15-16H,6-7H2,1H3. The second-order valence-electron chi connectivity index (χ2n) is 3.66. The van der Waals surface area contributed by atoms with Crippen molar-refractivity contribution in [2.75, 3.05) is 6.61 Å². The Morgan fingerprint density at radius 3 is 2.56 bits per heavy atom. The van der Waals surface area contributed by atoms with Gasteiger partial charge in [-0.15, -0.1) is 0 Å². The Labute approximate surface area is 93.8 Å². The predicted octanol–water partition coefficient (Wildman–Crippen LogP) is 1.42. The number of nitrogens with zero attached hydrogens (tertiary/aromatic N) is 2. The van der Waals surface area contributed by atoms with Gasteiger partial charge in [0.05, 0.1) is 11.9 Å². The summed E-state index contributed by atoms with van der Waals surface area (Å²) in [6.45, 7) is 2.09. The van der Waals surface area contributed by atoms with Crippen molar-refractivity contribution in [1.29, 1.82) is 0 Å². The summed E-state index contributed by atoms with van der Waals surface area (Å²) in [4.78, 5) is 0. The topological polar surface area (TPSA) is 58.3 Å². The Kier molecular flexibility index (Phi) is 2.92. The van der Waals surface area contributed by atoms with E-state index in [1.165, 1.54) is 0 Å². The molecule has 0 saturated carbocycles. The molecule has 2 aromatic rings. The molecule has 1 aromatic carbocycles. The normalized spacial score (nSPS) is 10.6. The third-order valence-corrected chi connectivity index (χ3v) is 2.59. The lowest BCUT2D eigenvalue weighted by molar-refractivity contribution is 0.299. The number of hydrogen-bond donors (Lipinski definition) is 2. The number of aliphatic hydroxyl groups excluding tert-OH is 1. The Morgan fingerprint density at radius 2 is 1.94 bits per heavy atom. The van der Waals surface area contributed by atoms with Crippen LogP contribution in [0.15, 0.2) is 30.5 Å². The molecule has 0 saturated heterocycles. The van der Waals surface area contributed by atoms with E-state index in [4.69, 9.17) is 5.11 Å². The molecule has 0 amide bonds. The van der Waals surface area contributed by atoms with Crippen LogP contribution >= 0.6 is 0 Å². The number of aromatic nitrogens is 2. The van der Waals surface area contributed by atoms with Gasteiger partial charge in [0.2, 0.25) is 0 Å². The number of aromatic hydroxyl groups is 1. The molecule has 2 rings (SSSR count). The molecule has 1 heterocycles. The minimum Gasteiger partial charge on any atom is -0.508 e. The first kappa shape index (κ1) is 10.7. The van der Waals surface area contributed by atoms with E-state index >= 15 is 0 Å². The van der Waals surface area contributed by atoms with E-state index in [1.807, 2.05) is 6.92 Å². The molecule has 0 fully saturated rings. The molecule has 0 radical (unpaired) electrons. The molecule has 0 aliphatic rings. The van der Waals surface area contributed by atoms with Gasteiger partial charge in [0, 0.05) is 12.3 Å². The van der Waals surface area contributed by atoms with Gasteiger partial charge in [0.25, 0.3) is 0 Å². The molecule has 84 valence electrons. The molecule has 0 spiro atoms. The van der Waals surface area contributed by atoms with Crippen LogP contribution in [0.3, 0.4) is 0 Å². The van der Waals surface area contributed by atoms with Gasteiger partial charge in [-0.25, -0.2) is 4.68 Å². The number of phenolic OH excluding ortho intramolecular Hbond substituents is 1. The first-order valence-electron chi connectivity index (χ1n) is 5.16. The first-order valence-corrected chi connectivity index (χ1v) is 5.16. The van der Waals surface area contributed by atoms with Crippen molar-refractivity contribution in [2.45, 2.75) is 13.3 Å². The lowest BCUT2D eigenvalue weighted by atomic mass is 10.2. The van der Waals surface area contributed by atoms with Gasteiger partial charge in [0.1, 0.15) is 5.75 Å². The zero-order chi connectivity index (χ0) is 11.5. The van der Waals surface area contributed by atoms with Gasteiger partial charge < -0.3 is 10.2 Å². The second kappa shape index (κ2) is 4.37. The molecule has 0 bridgehead atoms. The highest BCUT2D eigenvalue weighted by Crippen LogP contribution is 2.17. The molecule has 0 unspecified atom stereocenters. The Bertz CT molecular complexity index is 474. The van der Waals surface area contributed by atoms with Crippen molar-refractivity contribution in [1.82, 2.24) is 9.78 Å². The highest BCUT2D eigenvalue weighted by atomic mass is 16.3. The van der Waals surface area contributed by atoms with E-state index in [2.05, 4.69) is 5.10 Å². The van der Waals surface area contributed by atoms with Crippen molar-refractivity contribution in [2.24, 2.45) is 0 Å². The van der Waals surface area contributed by atoms with E-state index in [9.17, 15) is 5.11 Å². The number of aliphatic hydroxyl groups is 1. The average Bonchev–Trinajstić information content (AvgIpc) is 2.63. The summed E-state index contributed by atoms with van der Waals surface area (Å²) >= 11 is 0. The van der Waals surface area contributed by atoms with E-state index in [0.29, 0.717) is 6.42 Å². The highest BCUT2D eigenvalue weighted by molar-refractivity contribution is 5.38. The number of hydrogen-bond acceptors (Lipinski definition) is 3. The van der Waals surface area contributed by atoms with E-state index in [-0.39, 0.29) is 12.4 Å². The van der Waals surface area contributed by atoms with Crippen molar-refractivity contribution in [3.05, 3.63) is 41.7 Å². The lowest BCUT2D eigenvalue weighted by Gasteiger charge is -2.05. The summed E-state index contributed by atoms with van der Waals surface area (Å²) in [5.74, 6) is 0.240. The van der Waals surface area contributed by atoms with Crippen molar-refractivity contribution < 1.29 is 10.2 Å². The molecule has 0 aliphatic carbocycles. The average molecular weight is 218 g/mol. The summed E-state index contributed by atoms with van der Waals surface area (Å²) in [6, 6.07) is 6.86. The van der Waals surface area contributed by atoms with Crippen LogP contribution in [0.5, 0.6) is 5.75 Å². The number of benzene rings is 1. The molecular weight excluding hydrogens is 204 g/mol. The van der Waals surface area contributed by atoms with Crippen LogP contribution in [0.4, 0.5) is 0 Å². The van der Waals surface area contributed by atoms with Crippen molar-refractivity contribution in [3.8, 4) is 11.4 Å². The maximum absolute atomic E-state index is 9.20. The summed E-state index contributed by atoms with van der Waals surface area (Å²) in [5.41, 5.74) is 2.95. The van der Waals surface area contributed by atoms with Crippen LogP contribution in [0.25, 0.3) is 5.69 Å². The van der Waals surface area contributed by atoms with E-state index in [0.717, 1.165) is 16.9 Å². The fraction of sp³-hybridized carbons (Fsp3) is 0.250. The largest absolute Gasteiger partial charge is 0.508 e. The fourth-order valence-electron chi connectivity index (χ4n) is 1.66. The minimum absolute atomic E-state index is 0.127. The smallest absolute Gasteiger partial charge is 0.115 e. The third kappa shape index (κ3) is 1.92. The van der Waals surface area contributed by atoms with Crippen LogP contribution in [0, 0.1) is 6.92 Å². The van der Waals surface area contributed by atoms with Gasteiger partial charge in [-0.1, -0.05) is 0 Å². The van der Waals surface area contributed by atoms with Crippen LogP contribution in [0.2, 0.25) is 0 Å². The summed E-state index contributed by atoms with van der Waals surface area (Å²) in [7, 11) is 0. The van der Waals surface area contributed by atoms with Crippen molar-refractivity contribution in [3.63, 3.8) is 0 Å². The molecular formula is C12H14N2O2.